The van der Waals surface area contributed by atoms with Crippen molar-refractivity contribution in [1.82, 2.24) is 0 Å². The fourth-order valence-electron chi connectivity index (χ4n) is 0.600. The third kappa shape index (κ3) is 13.8. The molecule has 7 heteroatoms. The van der Waals surface area contributed by atoms with Gasteiger partial charge in [-0.1, -0.05) is 6.58 Å². The van der Waals surface area contributed by atoms with Gasteiger partial charge in [-0.3, -0.25) is 0 Å². The van der Waals surface area contributed by atoms with E-state index >= 15 is 0 Å². The first-order valence-electron chi connectivity index (χ1n) is 5.30. The molecule has 0 amide bonds. The number of hydrogen-bond acceptors (Lipinski definition) is 5. The molecule has 0 aromatic heterocycles. The van der Waals surface area contributed by atoms with E-state index in [0.717, 1.165) is 0 Å². The second-order valence-corrected chi connectivity index (χ2v) is 3.46. The minimum absolute atomic E-state index is 0.0451. The van der Waals surface area contributed by atoms with Crippen molar-refractivity contribution in [3.63, 3.8) is 0 Å². The molecular weight excluding hydrogens is 256 g/mol. The number of carbonyl (C=O) groups is 3. The molecule has 0 aliphatic rings. The summed E-state index contributed by atoms with van der Waals surface area (Å²) in [6, 6.07) is 0. The molecule has 3 N–H and O–H groups in total. The Bertz CT molecular complexity index is 368. The van der Waals surface area contributed by atoms with E-state index in [4.69, 9.17) is 15.3 Å². The van der Waals surface area contributed by atoms with Crippen LogP contribution in [-0.2, 0) is 19.1 Å². The zero-order chi connectivity index (χ0) is 15.4. The molecule has 0 aromatic carbocycles. The molecule has 0 fully saturated rings. The summed E-state index contributed by atoms with van der Waals surface area (Å²) >= 11 is 0. The monoisotopic (exact) mass is 274 g/mol. The van der Waals surface area contributed by atoms with E-state index in [1.165, 1.54) is 6.92 Å². The van der Waals surface area contributed by atoms with Gasteiger partial charge in [-0.2, -0.15) is 0 Å². The zero-order valence-electron chi connectivity index (χ0n) is 10.9. The molecule has 0 atom stereocenters. The summed E-state index contributed by atoms with van der Waals surface area (Å²) in [6.45, 7) is 6.51. The van der Waals surface area contributed by atoms with Crippen molar-refractivity contribution >= 4 is 17.9 Å². The third-order valence-corrected chi connectivity index (χ3v) is 1.56. The highest BCUT2D eigenvalue weighted by atomic mass is 16.5. The lowest BCUT2D eigenvalue weighted by molar-refractivity contribution is -0.139. The average molecular weight is 274 g/mol. The summed E-state index contributed by atoms with van der Waals surface area (Å²) < 4.78 is 4.65. The van der Waals surface area contributed by atoms with Gasteiger partial charge in [-0.25, -0.2) is 14.4 Å². The van der Waals surface area contributed by atoms with E-state index < -0.39 is 17.9 Å². The van der Waals surface area contributed by atoms with Crippen LogP contribution in [0.2, 0.25) is 0 Å². The van der Waals surface area contributed by atoms with Crippen LogP contribution in [0.4, 0.5) is 0 Å². The molecule has 0 unspecified atom stereocenters. The second kappa shape index (κ2) is 11.0. The van der Waals surface area contributed by atoms with Crippen LogP contribution in [0.5, 0.6) is 0 Å². The topological polar surface area (TPSA) is 121 Å². The molecule has 0 bridgehead atoms. The molecule has 0 heterocycles. The van der Waals surface area contributed by atoms with Crippen molar-refractivity contribution in [2.24, 2.45) is 0 Å². The molecule has 0 aromatic rings. The minimum atomic E-state index is -1.24. The van der Waals surface area contributed by atoms with Crippen molar-refractivity contribution in [2.45, 2.75) is 20.3 Å². The van der Waals surface area contributed by atoms with Crippen LogP contribution in [0.1, 0.15) is 20.3 Å². The lowest BCUT2D eigenvalue weighted by Crippen LogP contribution is -2.06. The summed E-state index contributed by atoms with van der Waals surface area (Å²) in [7, 11) is 0. The van der Waals surface area contributed by atoms with Crippen molar-refractivity contribution in [1.29, 1.82) is 0 Å². The second-order valence-electron chi connectivity index (χ2n) is 3.46. The number of rotatable bonds is 6. The SMILES string of the molecule is C/C(=C/C(=O)O)C(=O)O.C=C(C)C(=O)OCCCO. The summed E-state index contributed by atoms with van der Waals surface area (Å²) in [4.78, 5) is 30.3. The molecule has 0 spiro atoms. The van der Waals surface area contributed by atoms with Crippen molar-refractivity contribution in [2.75, 3.05) is 13.2 Å². The largest absolute Gasteiger partial charge is 0.478 e. The number of esters is 1. The first-order chi connectivity index (χ1) is 8.72. The predicted molar refractivity (Wildman–Crippen MR) is 66.5 cm³/mol. The fraction of sp³-hybridized carbons (Fsp3) is 0.417. The van der Waals surface area contributed by atoms with Crippen LogP contribution in [0.3, 0.4) is 0 Å². The fourth-order valence-corrected chi connectivity index (χ4v) is 0.600. The van der Waals surface area contributed by atoms with Crippen LogP contribution in [0.25, 0.3) is 0 Å². The Hall–Kier alpha value is -2.15. The smallest absolute Gasteiger partial charge is 0.333 e. The number of carboxylic acids is 2. The Labute approximate surface area is 110 Å². The summed E-state index contributed by atoms with van der Waals surface area (Å²) in [5, 5.41) is 24.4. The number of aliphatic hydroxyl groups excluding tert-OH is 1. The molecule has 0 aliphatic carbocycles. The van der Waals surface area contributed by atoms with Crippen LogP contribution in [0, 0.1) is 0 Å². The summed E-state index contributed by atoms with van der Waals surface area (Å²) in [5.41, 5.74) is 0.209. The maximum atomic E-state index is 10.6. The van der Waals surface area contributed by atoms with Gasteiger partial charge in [0.15, 0.2) is 0 Å². The maximum Gasteiger partial charge on any atom is 0.333 e. The number of carbonyl (C=O) groups excluding carboxylic acids is 1. The van der Waals surface area contributed by atoms with Crippen LogP contribution >= 0.6 is 0 Å². The lowest BCUT2D eigenvalue weighted by atomic mass is 10.3. The highest BCUT2D eigenvalue weighted by Gasteiger charge is 2.01. The van der Waals surface area contributed by atoms with Crippen molar-refractivity contribution < 1.29 is 34.4 Å². The molecule has 0 saturated heterocycles. The van der Waals surface area contributed by atoms with Gasteiger partial charge < -0.3 is 20.1 Å². The molecule has 0 rings (SSSR count). The molecule has 108 valence electrons. The van der Waals surface area contributed by atoms with E-state index in [9.17, 15) is 14.4 Å². The highest BCUT2D eigenvalue weighted by molar-refractivity contribution is 5.94. The normalized spacial score (nSPS) is 9.95. The number of ether oxygens (including phenoxy) is 1. The quantitative estimate of drug-likeness (QED) is 0.368. The molecule has 19 heavy (non-hydrogen) atoms. The van der Waals surface area contributed by atoms with Gasteiger partial charge in [0.2, 0.25) is 0 Å². The summed E-state index contributed by atoms with van der Waals surface area (Å²) in [6.07, 6.45) is 1.13. The molecule has 0 aliphatic heterocycles. The van der Waals surface area contributed by atoms with Gasteiger partial charge in [0.05, 0.1) is 6.61 Å². The number of hydrogen-bond donors (Lipinski definition) is 3. The van der Waals surface area contributed by atoms with Crippen molar-refractivity contribution in [3.8, 4) is 0 Å². The Balaban J connectivity index is 0. The van der Waals surface area contributed by atoms with E-state index in [0.29, 0.717) is 18.1 Å². The predicted octanol–water partition coefficient (Wildman–Crippen LogP) is 0.590. The van der Waals surface area contributed by atoms with Crippen molar-refractivity contribution in [3.05, 3.63) is 23.8 Å². The van der Waals surface area contributed by atoms with E-state index in [1.807, 2.05) is 0 Å². The highest BCUT2D eigenvalue weighted by Crippen LogP contribution is 1.92. The number of carboxylic acid groups (broad SMARTS) is 2. The first-order valence-corrected chi connectivity index (χ1v) is 5.30. The molecule has 0 radical (unpaired) electrons. The van der Waals surface area contributed by atoms with Gasteiger partial charge in [0.25, 0.3) is 0 Å². The standard InChI is InChI=1S/C7H12O3.C5H6O4/c1-6(2)7(9)10-5-3-4-8;1-3(5(8)9)2-4(6)7/h8H,1,3-5H2,2H3;2H,1H3,(H,6,7)(H,8,9)/b;3-2-. The average Bonchev–Trinajstić information content (AvgIpc) is 2.28. The minimum Gasteiger partial charge on any atom is -0.478 e. The Morgan fingerprint density at radius 2 is 1.74 bits per heavy atom. The van der Waals surface area contributed by atoms with E-state index in [2.05, 4.69) is 11.3 Å². The zero-order valence-corrected chi connectivity index (χ0v) is 10.9. The molecule has 0 saturated carbocycles. The Morgan fingerprint density at radius 1 is 1.21 bits per heavy atom. The Morgan fingerprint density at radius 3 is 2.00 bits per heavy atom. The molecular formula is C12H18O7. The van der Waals surface area contributed by atoms with Gasteiger partial charge >= 0.3 is 17.9 Å². The van der Waals surface area contributed by atoms with Gasteiger partial charge in [-0.15, -0.1) is 0 Å². The summed E-state index contributed by atoms with van der Waals surface area (Å²) in [5.74, 6) is -2.85. The number of aliphatic hydroxyl groups is 1. The van der Waals surface area contributed by atoms with Crippen LogP contribution in [-0.4, -0.2) is 46.4 Å². The Kier molecular flexibility index (Phi) is 11.1. The van der Waals surface area contributed by atoms with Gasteiger partial charge in [0.1, 0.15) is 0 Å². The van der Waals surface area contributed by atoms with E-state index in [-0.39, 0.29) is 18.8 Å². The molecule has 7 nitrogen and oxygen atoms in total. The van der Waals surface area contributed by atoms with Crippen LogP contribution < -0.4 is 0 Å². The van der Waals surface area contributed by atoms with Gasteiger partial charge in [-0.05, 0) is 13.8 Å². The number of aliphatic carboxylic acids is 2. The third-order valence-electron chi connectivity index (χ3n) is 1.56. The van der Waals surface area contributed by atoms with E-state index in [1.54, 1.807) is 6.92 Å². The first kappa shape index (κ1) is 19.2. The van der Waals surface area contributed by atoms with Crippen LogP contribution in [0.15, 0.2) is 23.8 Å². The lowest BCUT2D eigenvalue weighted by Gasteiger charge is -2.00. The maximum absolute atomic E-state index is 10.6. The van der Waals surface area contributed by atoms with Gasteiger partial charge in [0, 0.05) is 30.2 Å².